The van der Waals surface area contributed by atoms with Crippen molar-refractivity contribution in [1.29, 1.82) is 0 Å². The highest BCUT2D eigenvalue weighted by Gasteiger charge is 2.01. The average Bonchev–Trinajstić information content (AvgIpc) is 2.40. The number of aromatic hydroxyl groups is 1. The van der Waals surface area contributed by atoms with Gasteiger partial charge in [-0.15, -0.1) is 0 Å². The number of hydrogen-bond donors (Lipinski definition) is 2. The van der Waals surface area contributed by atoms with Gasteiger partial charge in [0, 0.05) is 31.4 Å². The summed E-state index contributed by atoms with van der Waals surface area (Å²) in [6.45, 7) is 1.35. The van der Waals surface area contributed by atoms with Crippen molar-refractivity contribution in [2.45, 2.75) is 13.0 Å². The van der Waals surface area contributed by atoms with Crippen LogP contribution in [0.25, 0.3) is 0 Å². The van der Waals surface area contributed by atoms with Crippen LogP contribution >= 0.6 is 0 Å². The zero-order valence-electron chi connectivity index (χ0n) is 9.94. The van der Waals surface area contributed by atoms with Crippen molar-refractivity contribution < 1.29 is 9.50 Å². The number of hydrogen-bond acceptors (Lipinski definition) is 3. The summed E-state index contributed by atoms with van der Waals surface area (Å²) in [5.41, 5.74) is 1.84. The Hall–Kier alpha value is -1.94. The van der Waals surface area contributed by atoms with Gasteiger partial charge < -0.3 is 10.4 Å². The van der Waals surface area contributed by atoms with E-state index in [-0.39, 0.29) is 5.75 Å². The SMILES string of the molecule is Oc1ccc(CNCCc2ccccn2)cc1F. The topological polar surface area (TPSA) is 45.1 Å². The molecule has 1 aromatic heterocycles. The Morgan fingerprint density at radius 1 is 1.22 bits per heavy atom. The molecule has 0 aliphatic carbocycles. The van der Waals surface area contributed by atoms with Crippen LogP contribution in [-0.4, -0.2) is 16.6 Å². The van der Waals surface area contributed by atoms with E-state index in [1.807, 2.05) is 18.2 Å². The Labute approximate surface area is 105 Å². The van der Waals surface area contributed by atoms with Gasteiger partial charge in [-0.2, -0.15) is 0 Å². The molecular weight excluding hydrogens is 231 g/mol. The number of benzene rings is 1. The number of phenolic OH excluding ortho intramolecular Hbond substituents is 1. The van der Waals surface area contributed by atoms with Gasteiger partial charge in [-0.25, -0.2) is 4.39 Å². The Balaban J connectivity index is 1.77. The van der Waals surface area contributed by atoms with E-state index in [0.717, 1.165) is 24.2 Å². The zero-order valence-corrected chi connectivity index (χ0v) is 9.94. The van der Waals surface area contributed by atoms with Crippen LogP contribution in [0.5, 0.6) is 5.75 Å². The van der Waals surface area contributed by atoms with Gasteiger partial charge in [0.1, 0.15) is 0 Å². The minimum atomic E-state index is -0.584. The van der Waals surface area contributed by atoms with Gasteiger partial charge in [0.15, 0.2) is 11.6 Å². The van der Waals surface area contributed by atoms with Crippen LogP contribution in [0, 0.1) is 5.82 Å². The molecule has 0 amide bonds. The van der Waals surface area contributed by atoms with E-state index in [2.05, 4.69) is 10.3 Å². The first-order valence-electron chi connectivity index (χ1n) is 5.84. The molecule has 0 spiro atoms. The van der Waals surface area contributed by atoms with E-state index in [1.165, 1.54) is 12.1 Å². The van der Waals surface area contributed by atoms with Crippen LogP contribution in [0.3, 0.4) is 0 Å². The molecule has 4 heteroatoms. The maximum atomic E-state index is 13.1. The Bertz CT molecular complexity index is 502. The first kappa shape index (κ1) is 12.5. The lowest BCUT2D eigenvalue weighted by molar-refractivity contribution is 0.431. The largest absolute Gasteiger partial charge is 0.505 e. The minimum Gasteiger partial charge on any atom is -0.505 e. The molecule has 1 aromatic carbocycles. The van der Waals surface area contributed by atoms with Gasteiger partial charge in [0.25, 0.3) is 0 Å². The third kappa shape index (κ3) is 3.53. The fourth-order valence-corrected chi connectivity index (χ4v) is 1.66. The lowest BCUT2D eigenvalue weighted by Gasteiger charge is -2.05. The average molecular weight is 246 g/mol. The predicted octanol–water partition coefficient (Wildman–Crippen LogP) is 2.26. The third-order valence-corrected chi connectivity index (χ3v) is 2.63. The van der Waals surface area contributed by atoms with E-state index in [9.17, 15) is 4.39 Å². The molecule has 18 heavy (non-hydrogen) atoms. The Morgan fingerprint density at radius 2 is 2.11 bits per heavy atom. The molecule has 0 radical (unpaired) electrons. The monoisotopic (exact) mass is 246 g/mol. The number of phenols is 1. The van der Waals surface area contributed by atoms with Crippen molar-refractivity contribution in [3.05, 3.63) is 59.7 Å². The maximum absolute atomic E-state index is 13.1. The molecule has 2 aromatic rings. The van der Waals surface area contributed by atoms with Crippen LogP contribution in [0.15, 0.2) is 42.6 Å². The molecule has 0 fully saturated rings. The number of nitrogens with one attached hydrogen (secondary N) is 1. The molecule has 0 saturated carbocycles. The van der Waals surface area contributed by atoms with Crippen molar-refractivity contribution in [2.75, 3.05) is 6.54 Å². The van der Waals surface area contributed by atoms with Crippen molar-refractivity contribution in [3.8, 4) is 5.75 Å². The molecule has 0 aliphatic rings. The van der Waals surface area contributed by atoms with Gasteiger partial charge in [-0.3, -0.25) is 4.98 Å². The Morgan fingerprint density at radius 3 is 2.83 bits per heavy atom. The number of halogens is 1. The van der Waals surface area contributed by atoms with Gasteiger partial charge in [0.2, 0.25) is 0 Å². The molecular formula is C14H15FN2O. The molecule has 0 atom stereocenters. The quantitative estimate of drug-likeness (QED) is 0.795. The van der Waals surface area contributed by atoms with Gasteiger partial charge in [0.05, 0.1) is 0 Å². The van der Waals surface area contributed by atoms with E-state index in [1.54, 1.807) is 12.3 Å². The number of nitrogens with zero attached hydrogens (tertiary/aromatic N) is 1. The smallest absolute Gasteiger partial charge is 0.165 e. The lowest BCUT2D eigenvalue weighted by atomic mass is 10.2. The lowest BCUT2D eigenvalue weighted by Crippen LogP contribution is -2.17. The van der Waals surface area contributed by atoms with E-state index in [0.29, 0.717) is 6.54 Å². The van der Waals surface area contributed by atoms with Crippen molar-refractivity contribution in [1.82, 2.24) is 10.3 Å². The van der Waals surface area contributed by atoms with Crippen molar-refractivity contribution in [3.63, 3.8) is 0 Å². The predicted molar refractivity (Wildman–Crippen MR) is 67.7 cm³/mol. The van der Waals surface area contributed by atoms with E-state index in [4.69, 9.17) is 5.11 Å². The Kier molecular flexibility index (Phi) is 4.25. The normalized spacial score (nSPS) is 10.5. The van der Waals surface area contributed by atoms with E-state index >= 15 is 0 Å². The minimum absolute atomic E-state index is 0.313. The second kappa shape index (κ2) is 6.12. The molecule has 0 bridgehead atoms. The van der Waals surface area contributed by atoms with Crippen LogP contribution in [0.2, 0.25) is 0 Å². The second-order valence-electron chi connectivity index (χ2n) is 4.03. The standard InChI is InChI=1S/C14H15FN2O/c15-13-9-11(4-5-14(13)18)10-16-8-6-12-3-1-2-7-17-12/h1-5,7,9,16,18H,6,8,10H2. The van der Waals surface area contributed by atoms with Crippen molar-refractivity contribution >= 4 is 0 Å². The highest BCUT2D eigenvalue weighted by molar-refractivity contribution is 5.27. The van der Waals surface area contributed by atoms with Gasteiger partial charge >= 0.3 is 0 Å². The molecule has 0 saturated heterocycles. The van der Waals surface area contributed by atoms with Crippen LogP contribution in [0.4, 0.5) is 4.39 Å². The number of pyridine rings is 1. The molecule has 2 rings (SSSR count). The number of aromatic nitrogens is 1. The zero-order chi connectivity index (χ0) is 12.8. The highest BCUT2D eigenvalue weighted by atomic mass is 19.1. The molecule has 0 aliphatic heterocycles. The fourth-order valence-electron chi connectivity index (χ4n) is 1.66. The summed E-state index contributed by atoms with van der Waals surface area (Å²) in [6, 6.07) is 10.2. The summed E-state index contributed by atoms with van der Waals surface area (Å²) in [4.78, 5) is 4.22. The second-order valence-corrected chi connectivity index (χ2v) is 4.03. The summed E-state index contributed by atoms with van der Waals surface area (Å²) in [7, 11) is 0. The summed E-state index contributed by atoms with van der Waals surface area (Å²) in [6.07, 6.45) is 2.60. The van der Waals surface area contributed by atoms with Crippen molar-refractivity contribution in [2.24, 2.45) is 0 Å². The fraction of sp³-hybridized carbons (Fsp3) is 0.214. The first-order valence-corrected chi connectivity index (χ1v) is 5.84. The van der Waals surface area contributed by atoms with Crippen LogP contribution < -0.4 is 5.32 Å². The molecule has 2 N–H and O–H groups in total. The molecule has 3 nitrogen and oxygen atoms in total. The van der Waals surface area contributed by atoms with Gasteiger partial charge in [-0.1, -0.05) is 12.1 Å². The number of rotatable bonds is 5. The summed E-state index contributed by atoms with van der Waals surface area (Å²) < 4.78 is 13.1. The molecule has 94 valence electrons. The summed E-state index contributed by atoms with van der Waals surface area (Å²) >= 11 is 0. The van der Waals surface area contributed by atoms with Gasteiger partial charge in [-0.05, 0) is 29.8 Å². The molecule has 0 unspecified atom stereocenters. The van der Waals surface area contributed by atoms with E-state index < -0.39 is 5.82 Å². The van der Waals surface area contributed by atoms with Crippen LogP contribution in [-0.2, 0) is 13.0 Å². The summed E-state index contributed by atoms with van der Waals surface area (Å²) in [5.74, 6) is -0.897. The van der Waals surface area contributed by atoms with Crippen LogP contribution in [0.1, 0.15) is 11.3 Å². The highest BCUT2D eigenvalue weighted by Crippen LogP contribution is 2.15. The molecule has 1 heterocycles. The third-order valence-electron chi connectivity index (χ3n) is 2.63. The maximum Gasteiger partial charge on any atom is 0.165 e. The summed E-state index contributed by atoms with van der Waals surface area (Å²) in [5, 5.41) is 12.3. The first-order chi connectivity index (χ1) is 8.75.